The predicted octanol–water partition coefficient (Wildman–Crippen LogP) is 0.839. The van der Waals surface area contributed by atoms with Crippen LogP contribution in [-0.4, -0.2) is 21.1 Å². The van der Waals surface area contributed by atoms with E-state index >= 15 is 0 Å². The van der Waals surface area contributed by atoms with Crippen LogP contribution in [0.4, 0.5) is 0 Å². The van der Waals surface area contributed by atoms with Gasteiger partial charge in [-0.3, -0.25) is 4.98 Å². The Balaban J connectivity index is 2.35. The van der Waals surface area contributed by atoms with Gasteiger partial charge in [0.05, 0.1) is 17.9 Å². The Hall–Kier alpha value is -1.42. The van der Waals surface area contributed by atoms with E-state index in [2.05, 4.69) is 22.3 Å². The van der Waals surface area contributed by atoms with Crippen molar-refractivity contribution in [3.8, 4) is 0 Å². The van der Waals surface area contributed by atoms with Crippen LogP contribution in [0.1, 0.15) is 12.5 Å². The molecule has 1 N–H and O–H groups in total. The zero-order chi connectivity index (χ0) is 9.10. The lowest BCUT2D eigenvalue weighted by atomic mass is 10.3. The number of fused-ring (bicyclic) bond motifs is 1. The van der Waals surface area contributed by atoms with Crippen molar-refractivity contribution in [3.63, 3.8) is 0 Å². The van der Waals surface area contributed by atoms with E-state index < -0.39 is 0 Å². The van der Waals surface area contributed by atoms with Gasteiger partial charge in [0.15, 0.2) is 0 Å². The first kappa shape index (κ1) is 8.19. The number of aromatic nitrogens is 3. The summed E-state index contributed by atoms with van der Waals surface area (Å²) in [5.74, 6) is 0. The number of nitrogens with one attached hydrogen (secondary N) is 1. The Bertz CT molecular complexity index is 393. The topological polar surface area (TPSA) is 42.2 Å². The molecule has 0 aliphatic heterocycles. The minimum atomic E-state index is 0.853. The number of rotatable bonds is 3. The van der Waals surface area contributed by atoms with Crippen LogP contribution in [0.15, 0.2) is 24.8 Å². The summed E-state index contributed by atoms with van der Waals surface area (Å²) in [6, 6.07) is 0. The van der Waals surface area contributed by atoms with Gasteiger partial charge in [-0.15, -0.1) is 0 Å². The Morgan fingerprint density at radius 2 is 2.38 bits per heavy atom. The summed E-state index contributed by atoms with van der Waals surface area (Å²) in [5.41, 5.74) is 2.26. The third kappa shape index (κ3) is 1.53. The molecular weight excluding hydrogens is 164 g/mol. The monoisotopic (exact) mass is 176 g/mol. The summed E-state index contributed by atoms with van der Waals surface area (Å²) in [6.07, 6.45) is 7.29. The molecular formula is C9H12N4. The second kappa shape index (κ2) is 3.53. The maximum atomic E-state index is 4.21. The molecule has 0 aliphatic rings. The van der Waals surface area contributed by atoms with Gasteiger partial charge in [0.1, 0.15) is 0 Å². The molecule has 0 bridgehead atoms. The molecule has 0 saturated heterocycles. The molecule has 4 heteroatoms. The summed E-state index contributed by atoms with van der Waals surface area (Å²) in [7, 11) is 0. The van der Waals surface area contributed by atoms with Crippen LogP contribution in [0.3, 0.4) is 0 Å². The zero-order valence-electron chi connectivity index (χ0n) is 7.57. The fraction of sp³-hybridized carbons (Fsp3) is 0.333. The fourth-order valence-corrected chi connectivity index (χ4v) is 1.28. The predicted molar refractivity (Wildman–Crippen MR) is 50.4 cm³/mol. The van der Waals surface area contributed by atoms with Gasteiger partial charge in [-0.2, -0.15) is 5.10 Å². The maximum absolute atomic E-state index is 4.21. The summed E-state index contributed by atoms with van der Waals surface area (Å²) in [6.45, 7) is 3.91. The van der Waals surface area contributed by atoms with Crippen LogP contribution in [0.2, 0.25) is 0 Å². The zero-order valence-corrected chi connectivity index (χ0v) is 7.57. The molecule has 2 heterocycles. The van der Waals surface area contributed by atoms with Crippen molar-refractivity contribution in [1.82, 2.24) is 19.9 Å². The van der Waals surface area contributed by atoms with Crippen LogP contribution >= 0.6 is 0 Å². The molecule has 0 atom stereocenters. The SMILES string of the molecule is CCNCc1cnn2ccncc12. The van der Waals surface area contributed by atoms with Gasteiger partial charge >= 0.3 is 0 Å². The second-order valence-electron chi connectivity index (χ2n) is 2.86. The van der Waals surface area contributed by atoms with Crippen LogP contribution in [0, 0.1) is 0 Å². The van der Waals surface area contributed by atoms with Gasteiger partial charge in [0.25, 0.3) is 0 Å². The third-order valence-corrected chi connectivity index (χ3v) is 1.97. The van der Waals surface area contributed by atoms with Crippen molar-refractivity contribution in [3.05, 3.63) is 30.4 Å². The lowest BCUT2D eigenvalue weighted by molar-refractivity contribution is 0.730. The molecule has 2 aromatic rings. The highest BCUT2D eigenvalue weighted by Crippen LogP contribution is 2.07. The van der Waals surface area contributed by atoms with Crippen molar-refractivity contribution in [2.75, 3.05) is 6.54 Å². The minimum Gasteiger partial charge on any atom is -0.313 e. The average molecular weight is 176 g/mol. The molecule has 0 aliphatic carbocycles. The van der Waals surface area contributed by atoms with Crippen LogP contribution in [-0.2, 0) is 6.54 Å². The molecule has 2 aromatic heterocycles. The van der Waals surface area contributed by atoms with Crippen molar-refractivity contribution in [2.45, 2.75) is 13.5 Å². The molecule has 0 spiro atoms. The average Bonchev–Trinajstić information content (AvgIpc) is 2.58. The standard InChI is InChI=1S/C9H12N4/c1-2-10-5-8-6-12-13-4-3-11-7-9(8)13/h3-4,6-7,10H,2,5H2,1H3. The summed E-state index contributed by atoms with van der Waals surface area (Å²) >= 11 is 0. The van der Waals surface area contributed by atoms with Crippen molar-refractivity contribution in [2.24, 2.45) is 0 Å². The molecule has 0 aromatic carbocycles. The Morgan fingerprint density at radius 3 is 3.23 bits per heavy atom. The lowest BCUT2D eigenvalue weighted by Crippen LogP contribution is -2.11. The Kier molecular flexibility index (Phi) is 2.23. The van der Waals surface area contributed by atoms with Crippen molar-refractivity contribution in [1.29, 1.82) is 0 Å². The van der Waals surface area contributed by atoms with Crippen molar-refractivity contribution >= 4 is 5.52 Å². The van der Waals surface area contributed by atoms with Crippen LogP contribution in [0.5, 0.6) is 0 Å². The highest BCUT2D eigenvalue weighted by atomic mass is 15.2. The first-order valence-electron chi connectivity index (χ1n) is 4.38. The largest absolute Gasteiger partial charge is 0.313 e. The molecule has 68 valence electrons. The van der Waals surface area contributed by atoms with E-state index in [-0.39, 0.29) is 0 Å². The highest BCUT2D eigenvalue weighted by Gasteiger charge is 2.01. The maximum Gasteiger partial charge on any atom is 0.0889 e. The Labute approximate surface area is 76.6 Å². The number of hydrogen-bond acceptors (Lipinski definition) is 3. The molecule has 0 saturated carbocycles. The van der Waals surface area contributed by atoms with E-state index in [1.165, 1.54) is 5.56 Å². The van der Waals surface area contributed by atoms with Crippen molar-refractivity contribution < 1.29 is 0 Å². The van der Waals surface area contributed by atoms with Crippen LogP contribution < -0.4 is 5.32 Å². The third-order valence-electron chi connectivity index (χ3n) is 1.97. The summed E-state index contributed by atoms with van der Waals surface area (Å²) < 4.78 is 1.83. The normalized spacial score (nSPS) is 10.8. The van der Waals surface area contributed by atoms with Gasteiger partial charge in [-0.1, -0.05) is 6.92 Å². The van der Waals surface area contributed by atoms with Gasteiger partial charge in [0, 0.05) is 24.5 Å². The molecule has 0 amide bonds. The summed E-state index contributed by atoms with van der Waals surface area (Å²) in [4.78, 5) is 4.07. The molecule has 4 nitrogen and oxygen atoms in total. The quantitative estimate of drug-likeness (QED) is 0.753. The second-order valence-corrected chi connectivity index (χ2v) is 2.86. The van der Waals surface area contributed by atoms with Gasteiger partial charge in [0.2, 0.25) is 0 Å². The molecule has 0 fully saturated rings. The smallest absolute Gasteiger partial charge is 0.0889 e. The van der Waals surface area contributed by atoms with Gasteiger partial charge in [-0.05, 0) is 6.54 Å². The van der Waals surface area contributed by atoms with E-state index in [4.69, 9.17) is 0 Å². The number of hydrogen-bond donors (Lipinski definition) is 1. The molecule has 13 heavy (non-hydrogen) atoms. The Morgan fingerprint density at radius 1 is 1.46 bits per heavy atom. The van der Waals surface area contributed by atoms with E-state index in [9.17, 15) is 0 Å². The fourth-order valence-electron chi connectivity index (χ4n) is 1.28. The van der Waals surface area contributed by atoms with Crippen LogP contribution in [0.25, 0.3) is 5.52 Å². The molecule has 0 unspecified atom stereocenters. The molecule has 2 rings (SSSR count). The van der Waals surface area contributed by atoms with Gasteiger partial charge < -0.3 is 5.32 Å². The number of nitrogens with zero attached hydrogens (tertiary/aromatic N) is 3. The van der Waals surface area contributed by atoms with E-state index in [0.717, 1.165) is 18.6 Å². The summed E-state index contributed by atoms with van der Waals surface area (Å²) in [5, 5.41) is 7.47. The lowest BCUT2D eigenvalue weighted by Gasteiger charge is -1.98. The highest BCUT2D eigenvalue weighted by molar-refractivity contribution is 5.51. The van der Waals surface area contributed by atoms with E-state index in [0.29, 0.717) is 0 Å². The first-order chi connectivity index (χ1) is 6.42. The molecule has 0 radical (unpaired) electrons. The first-order valence-corrected chi connectivity index (χ1v) is 4.38. The minimum absolute atomic E-state index is 0.853. The van der Waals surface area contributed by atoms with Gasteiger partial charge in [-0.25, -0.2) is 4.52 Å². The van der Waals surface area contributed by atoms with E-state index in [1.807, 2.05) is 23.1 Å². The van der Waals surface area contributed by atoms with E-state index in [1.54, 1.807) is 6.20 Å².